The summed E-state index contributed by atoms with van der Waals surface area (Å²) in [5.41, 5.74) is 1.67. The highest BCUT2D eigenvalue weighted by molar-refractivity contribution is 6.30. The number of carbonyl (C=O) groups is 2. The molecule has 1 aliphatic carbocycles. The summed E-state index contributed by atoms with van der Waals surface area (Å²) in [6, 6.07) is 14.4. The molecule has 0 spiro atoms. The van der Waals surface area contributed by atoms with E-state index in [1.165, 1.54) is 12.8 Å². The maximum atomic E-state index is 13.8. The molecule has 5 nitrogen and oxygen atoms in total. The van der Waals surface area contributed by atoms with E-state index in [0.717, 1.165) is 36.8 Å². The summed E-state index contributed by atoms with van der Waals surface area (Å²) in [6.45, 7) is 0.461. The van der Waals surface area contributed by atoms with Crippen LogP contribution in [-0.2, 0) is 16.1 Å². The molecule has 1 saturated heterocycles. The topological polar surface area (TPSA) is 49.9 Å². The van der Waals surface area contributed by atoms with Gasteiger partial charge in [-0.3, -0.25) is 9.59 Å². The van der Waals surface area contributed by atoms with Crippen LogP contribution in [0.1, 0.15) is 55.7 Å². The number of amides is 2. The zero-order valence-corrected chi connectivity index (χ0v) is 18.7. The van der Waals surface area contributed by atoms with Crippen molar-refractivity contribution in [2.75, 3.05) is 13.7 Å². The van der Waals surface area contributed by atoms with Gasteiger partial charge in [0.1, 0.15) is 18.3 Å². The first-order valence-corrected chi connectivity index (χ1v) is 11.4. The predicted molar refractivity (Wildman–Crippen MR) is 121 cm³/mol. The van der Waals surface area contributed by atoms with Crippen molar-refractivity contribution < 1.29 is 14.3 Å². The standard InChI is InChI=1S/C25H29ClN2O3/c1-31-22-11-7-6-8-19(22)16-28-23(29)17-27(21-9-4-2-3-5-10-21)25(30)24(28)18-12-14-20(26)15-13-18/h6-8,11-15,21,24H,2-5,9-10,16-17H2,1H3/t24-/m1/s1. The third-order valence-corrected chi connectivity index (χ3v) is 6.69. The van der Waals surface area contributed by atoms with E-state index in [1.54, 1.807) is 24.1 Å². The molecule has 2 amide bonds. The van der Waals surface area contributed by atoms with Crippen molar-refractivity contribution in [1.29, 1.82) is 0 Å². The lowest BCUT2D eigenvalue weighted by molar-refractivity contribution is -0.159. The Kier molecular flexibility index (Phi) is 6.81. The number of rotatable bonds is 5. The van der Waals surface area contributed by atoms with Crippen LogP contribution in [0.15, 0.2) is 48.5 Å². The van der Waals surface area contributed by atoms with Crippen molar-refractivity contribution in [1.82, 2.24) is 9.80 Å². The molecule has 2 aliphatic rings. The maximum absolute atomic E-state index is 13.8. The van der Waals surface area contributed by atoms with Crippen LogP contribution in [-0.4, -0.2) is 41.3 Å². The SMILES string of the molecule is COc1ccccc1CN1C(=O)CN(C2CCCCCC2)C(=O)[C@H]1c1ccc(Cl)cc1. The quantitative estimate of drug-likeness (QED) is 0.616. The Bertz CT molecular complexity index is 923. The van der Waals surface area contributed by atoms with Gasteiger partial charge in [-0.25, -0.2) is 0 Å². The second-order valence-electron chi connectivity index (χ2n) is 8.40. The lowest BCUT2D eigenvalue weighted by Gasteiger charge is -2.43. The van der Waals surface area contributed by atoms with Crippen molar-refractivity contribution in [3.05, 3.63) is 64.7 Å². The molecule has 0 bridgehead atoms. The molecule has 4 rings (SSSR count). The molecule has 0 N–H and O–H groups in total. The van der Waals surface area contributed by atoms with Gasteiger partial charge in [0.25, 0.3) is 5.91 Å². The molecule has 0 unspecified atom stereocenters. The van der Waals surface area contributed by atoms with E-state index in [9.17, 15) is 9.59 Å². The molecule has 164 valence electrons. The number of hydrogen-bond acceptors (Lipinski definition) is 3. The summed E-state index contributed by atoms with van der Waals surface area (Å²) in [7, 11) is 1.62. The minimum absolute atomic E-state index is 0.00344. The van der Waals surface area contributed by atoms with Crippen LogP contribution in [0.3, 0.4) is 0 Å². The van der Waals surface area contributed by atoms with Gasteiger partial charge in [0.15, 0.2) is 0 Å². The van der Waals surface area contributed by atoms with Gasteiger partial charge in [-0.2, -0.15) is 0 Å². The molecule has 2 fully saturated rings. The van der Waals surface area contributed by atoms with E-state index in [4.69, 9.17) is 16.3 Å². The van der Waals surface area contributed by atoms with Crippen molar-refractivity contribution in [2.45, 2.75) is 57.2 Å². The van der Waals surface area contributed by atoms with E-state index in [-0.39, 0.29) is 24.4 Å². The smallest absolute Gasteiger partial charge is 0.250 e. The van der Waals surface area contributed by atoms with E-state index < -0.39 is 6.04 Å². The molecule has 6 heteroatoms. The minimum atomic E-state index is -0.660. The highest BCUT2D eigenvalue weighted by Gasteiger charge is 2.42. The molecule has 31 heavy (non-hydrogen) atoms. The Balaban J connectivity index is 1.68. The minimum Gasteiger partial charge on any atom is -0.496 e. The summed E-state index contributed by atoms with van der Waals surface area (Å²) in [5.74, 6) is 0.683. The molecule has 2 aromatic carbocycles. The molecule has 1 heterocycles. The van der Waals surface area contributed by atoms with Crippen LogP contribution in [0.2, 0.25) is 5.02 Å². The van der Waals surface area contributed by atoms with Crippen LogP contribution in [0, 0.1) is 0 Å². The summed E-state index contributed by atoms with van der Waals surface area (Å²) in [6.07, 6.45) is 6.57. The van der Waals surface area contributed by atoms with Gasteiger partial charge in [0, 0.05) is 16.6 Å². The average molecular weight is 441 g/mol. The zero-order valence-electron chi connectivity index (χ0n) is 17.9. The second kappa shape index (κ2) is 9.73. The van der Waals surface area contributed by atoms with E-state index in [2.05, 4.69) is 0 Å². The largest absolute Gasteiger partial charge is 0.496 e. The Labute approximate surface area is 188 Å². The second-order valence-corrected chi connectivity index (χ2v) is 8.84. The van der Waals surface area contributed by atoms with Crippen LogP contribution in [0.25, 0.3) is 0 Å². The molecular formula is C25H29ClN2O3. The van der Waals surface area contributed by atoms with Crippen LogP contribution >= 0.6 is 11.6 Å². The lowest BCUT2D eigenvalue weighted by atomic mass is 9.97. The number of hydrogen-bond donors (Lipinski definition) is 0. The van der Waals surface area contributed by atoms with E-state index >= 15 is 0 Å². The monoisotopic (exact) mass is 440 g/mol. The fourth-order valence-electron chi connectivity index (χ4n) is 4.79. The Morgan fingerprint density at radius 1 is 0.968 bits per heavy atom. The highest BCUT2D eigenvalue weighted by atomic mass is 35.5. The third-order valence-electron chi connectivity index (χ3n) is 6.44. The molecule has 0 radical (unpaired) electrons. The Hall–Kier alpha value is -2.53. The number of nitrogens with zero attached hydrogens (tertiary/aromatic N) is 2. The third kappa shape index (κ3) is 4.72. The number of piperazine rings is 1. The molecule has 0 aromatic heterocycles. The Morgan fingerprint density at radius 2 is 1.65 bits per heavy atom. The Morgan fingerprint density at radius 3 is 2.32 bits per heavy atom. The first kappa shape index (κ1) is 21.7. The first-order valence-electron chi connectivity index (χ1n) is 11.1. The lowest BCUT2D eigenvalue weighted by Crippen LogP contribution is -2.57. The van der Waals surface area contributed by atoms with E-state index in [0.29, 0.717) is 17.3 Å². The fraction of sp³-hybridized carbons (Fsp3) is 0.440. The zero-order chi connectivity index (χ0) is 21.8. The van der Waals surface area contributed by atoms with Gasteiger partial charge in [0.05, 0.1) is 13.7 Å². The maximum Gasteiger partial charge on any atom is 0.250 e. The number of carbonyl (C=O) groups excluding carboxylic acids is 2. The van der Waals surface area contributed by atoms with Crippen LogP contribution < -0.4 is 4.74 Å². The average Bonchev–Trinajstić information content (AvgIpc) is 3.07. The van der Waals surface area contributed by atoms with Crippen molar-refractivity contribution >= 4 is 23.4 Å². The van der Waals surface area contributed by atoms with Crippen LogP contribution in [0.5, 0.6) is 5.75 Å². The van der Waals surface area contributed by atoms with Crippen LogP contribution in [0.4, 0.5) is 0 Å². The van der Waals surface area contributed by atoms with Gasteiger partial charge in [-0.1, -0.05) is 67.6 Å². The fourth-order valence-corrected chi connectivity index (χ4v) is 4.92. The predicted octanol–water partition coefficient (Wildman–Crippen LogP) is 4.98. The molecule has 1 saturated carbocycles. The normalized spacial score (nSPS) is 20.6. The van der Waals surface area contributed by atoms with Gasteiger partial charge in [0.2, 0.25) is 5.91 Å². The number of methoxy groups -OCH3 is 1. The molecule has 2 aromatic rings. The van der Waals surface area contributed by atoms with Crippen molar-refractivity contribution in [2.24, 2.45) is 0 Å². The first-order chi connectivity index (χ1) is 15.1. The van der Waals surface area contributed by atoms with Gasteiger partial charge in [-0.05, 0) is 36.6 Å². The van der Waals surface area contributed by atoms with Crippen molar-refractivity contribution in [3.63, 3.8) is 0 Å². The van der Waals surface area contributed by atoms with Gasteiger partial charge >= 0.3 is 0 Å². The molecular weight excluding hydrogens is 412 g/mol. The summed E-state index contributed by atoms with van der Waals surface area (Å²) >= 11 is 6.10. The summed E-state index contributed by atoms with van der Waals surface area (Å²) < 4.78 is 5.49. The number of para-hydroxylation sites is 1. The van der Waals surface area contributed by atoms with Gasteiger partial charge < -0.3 is 14.5 Å². The summed E-state index contributed by atoms with van der Waals surface area (Å²) in [5, 5.41) is 0.607. The highest BCUT2D eigenvalue weighted by Crippen LogP contribution is 2.34. The van der Waals surface area contributed by atoms with Gasteiger partial charge in [-0.15, -0.1) is 0 Å². The molecule has 1 atom stereocenters. The number of ether oxygens (including phenoxy) is 1. The van der Waals surface area contributed by atoms with Crippen molar-refractivity contribution in [3.8, 4) is 5.75 Å². The summed E-state index contributed by atoms with van der Waals surface area (Å²) in [4.78, 5) is 30.7. The number of benzene rings is 2. The number of halogens is 1. The molecule has 1 aliphatic heterocycles. The van der Waals surface area contributed by atoms with E-state index in [1.807, 2.05) is 41.3 Å².